The van der Waals surface area contributed by atoms with Crippen LogP contribution in [0.3, 0.4) is 0 Å². The third-order valence-corrected chi connectivity index (χ3v) is 4.90. The molecule has 2 rings (SSSR count). The Hall–Kier alpha value is -0.930. The summed E-state index contributed by atoms with van der Waals surface area (Å²) in [6.45, 7) is 3.17. The second kappa shape index (κ2) is 7.90. The Balaban J connectivity index is 1.99. The van der Waals surface area contributed by atoms with E-state index in [2.05, 4.69) is 31.2 Å². The van der Waals surface area contributed by atoms with Gasteiger partial charge in [-0.15, -0.1) is 0 Å². The Morgan fingerprint density at radius 1 is 1.24 bits per heavy atom. The minimum absolute atomic E-state index is 0.157. The van der Waals surface area contributed by atoms with Crippen LogP contribution in [0.1, 0.15) is 44.6 Å². The van der Waals surface area contributed by atoms with Crippen LogP contribution in [0, 0.1) is 11.7 Å². The zero-order chi connectivity index (χ0) is 15.2. The highest BCUT2D eigenvalue weighted by molar-refractivity contribution is 5.16. The van der Waals surface area contributed by atoms with Crippen molar-refractivity contribution in [1.82, 2.24) is 10.2 Å². The Morgan fingerprint density at radius 3 is 2.57 bits per heavy atom. The van der Waals surface area contributed by atoms with Crippen molar-refractivity contribution in [2.24, 2.45) is 5.92 Å². The van der Waals surface area contributed by atoms with Gasteiger partial charge in [-0.05, 0) is 57.0 Å². The van der Waals surface area contributed by atoms with E-state index in [1.165, 1.54) is 37.7 Å². The van der Waals surface area contributed by atoms with Gasteiger partial charge < -0.3 is 5.32 Å². The molecule has 3 unspecified atom stereocenters. The van der Waals surface area contributed by atoms with Gasteiger partial charge in [-0.25, -0.2) is 4.39 Å². The van der Waals surface area contributed by atoms with Gasteiger partial charge in [-0.3, -0.25) is 4.90 Å². The maximum absolute atomic E-state index is 13.0. The number of hydrogen-bond acceptors (Lipinski definition) is 2. The molecule has 0 amide bonds. The average molecular weight is 292 g/mol. The van der Waals surface area contributed by atoms with E-state index >= 15 is 0 Å². The summed E-state index contributed by atoms with van der Waals surface area (Å²) in [4.78, 5) is 2.44. The smallest absolute Gasteiger partial charge is 0.123 e. The minimum Gasteiger partial charge on any atom is -0.315 e. The van der Waals surface area contributed by atoms with Crippen LogP contribution >= 0.6 is 0 Å². The van der Waals surface area contributed by atoms with Gasteiger partial charge in [-0.2, -0.15) is 0 Å². The molecule has 0 aliphatic heterocycles. The lowest BCUT2D eigenvalue weighted by atomic mass is 9.79. The summed E-state index contributed by atoms with van der Waals surface area (Å²) < 4.78 is 13.0. The zero-order valence-corrected chi connectivity index (χ0v) is 13.6. The quantitative estimate of drug-likeness (QED) is 0.857. The highest BCUT2D eigenvalue weighted by atomic mass is 19.1. The average Bonchev–Trinajstić information content (AvgIpc) is 2.50. The number of benzene rings is 1. The first-order chi connectivity index (χ1) is 10.1. The summed E-state index contributed by atoms with van der Waals surface area (Å²) in [6.07, 6.45) is 6.51. The summed E-state index contributed by atoms with van der Waals surface area (Å²) in [5.74, 6) is 0.704. The van der Waals surface area contributed by atoms with E-state index in [0.29, 0.717) is 12.1 Å². The largest absolute Gasteiger partial charge is 0.315 e. The summed E-state index contributed by atoms with van der Waals surface area (Å²) >= 11 is 0. The number of likely N-dealkylation sites (N-methyl/N-ethyl adjacent to an activating group) is 2. The second-order valence-electron chi connectivity index (χ2n) is 6.47. The van der Waals surface area contributed by atoms with Gasteiger partial charge in [0.15, 0.2) is 0 Å². The molecular weight excluding hydrogens is 263 g/mol. The lowest BCUT2D eigenvalue weighted by Crippen LogP contribution is -2.50. The Kier molecular flexibility index (Phi) is 6.19. The van der Waals surface area contributed by atoms with Crippen molar-refractivity contribution in [2.45, 2.75) is 57.7 Å². The van der Waals surface area contributed by atoms with Crippen molar-refractivity contribution in [3.8, 4) is 0 Å². The first-order valence-electron chi connectivity index (χ1n) is 8.26. The summed E-state index contributed by atoms with van der Waals surface area (Å²) in [5, 5.41) is 3.49. The lowest BCUT2D eigenvalue weighted by molar-refractivity contribution is 0.114. The molecule has 21 heavy (non-hydrogen) atoms. The van der Waals surface area contributed by atoms with Crippen molar-refractivity contribution in [3.63, 3.8) is 0 Å². The molecule has 1 fully saturated rings. The highest BCUT2D eigenvalue weighted by Gasteiger charge is 2.31. The van der Waals surface area contributed by atoms with Crippen LogP contribution < -0.4 is 5.32 Å². The maximum atomic E-state index is 13.0. The van der Waals surface area contributed by atoms with Crippen molar-refractivity contribution < 1.29 is 4.39 Å². The normalized spacial score (nSPS) is 26.2. The number of rotatable bonds is 6. The molecule has 1 aliphatic carbocycles. The molecule has 0 bridgehead atoms. The number of nitrogens with one attached hydrogen (secondary N) is 1. The zero-order valence-electron chi connectivity index (χ0n) is 13.6. The third-order valence-electron chi connectivity index (χ3n) is 4.90. The fraction of sp³-hybridized carbons (Fsp3) is 0.667. The Labute approximate surface area is 128 Å². The summed E-state index contributed by atoms with van der Waals surface area (Å²) in [5.41, 5.74) is 1.19. The van der Waals surface area contributed by atoms with E-state index in [-0.39, 0.29) is 5.82 Å². The molecular formula is C18H29FN2. The molecule has 0 saturated heterocycles. The van der Waals surface area contributed by atoms with Crippen molar-refractivity contribution in [3.05, 3.63) is 35.6 Å². The van der Waals surface area contributed by atoms with E-state index in [1.807, 2.05) is 12.1 Å². The predicted octanol–water partition coefficient (Wildman–Crippen LogP) is 3.81. The van der Waals surface area contributed by atoms with Crippen LogP contribution in [0.4, 0.5) is 4.39 Å². The highest BCUT2D eigenvalue weighted by Crippen LogP contribution is 2.31. The van der Waals surface area contributed by atoms with Crippen molar-refractivity contribution in [2.75, 3.05) is 14.1 Å². The molecule has 1 N–H and O–H groups in total. The molecule has 0 heterocycles. The molecule has 0 aromatic heterocycles. The van der Waals surface area contributed by atoms with Crippen molar-refractivity contribution in [1.29, 1.82) is 0 Å². The second-order valence-corrected chi connectivity index (χ2v) is 6.47. The topological polar surface area (TPSA) is 15.3 Å². The molecule has 1 aromatic rings. The first kappa shape index (κ1) is 16.4. The van der Waals surface area contributed by atoms with E-state index in [9.17, 15) is 4.39 Å². The van der Waals surface area contributed by atoms with Gasteiger partial charge in [0.05, 0.1) is 0 Å². The van der Waals surface area contributed by atoms with E-state index in [4.69, 9.17) is 0 Å². The first-order valence-corrected chi connectivity index (χ1v) is 8.26. The minimum atomic E-state index is -0.157. The van der Waals surface area contributed by atoms with Gasteiger partial charge >= 0.3 is 0 Å². The molecule has 1 aromatic carbocycles. The third kappa shape index (κ3) is 4.52. The molecule has 1 aliphatic rings. The van der Waals surface area contributed by atoms with Gasteiger partial charge in [0.1, 0.15) is 5.82 Å². The number of nitrogens with zero attached hydrogens (tertiary/aromatic N) is 1. The summed E-state index contributed by atoms with van der Waals surface area (Å²) in [6, 6.07) is 8.05. The van der Waals surface area contributed by atoms with Crippen LogP contribution in [0.15, 0.2) is 24.3 Å². The lowest BCUT2D eigenvalue weighted by Gasteiger charge is -2.41. The van der Waals surface area contributed by atoms with Gasteiger partial charge in [-0.1, -0.05) is 31.9 Å². The van der Waals surface area contributed by atoms with E-state index < -0.39 is 0 Å². The van der Waals surface area contributed by atoms with Crippen LogP contribution in [-0.4, -0.2) is 31.1 Å². The number of halogens is 1. The molecule has 0 spiro atoms. The molecule has 3 heteroatoms. The molecule has 118 valence electrons. The monoisotopic (exact) mass is 292 g/mol. The Bertz CT molecular complexity index is 418. The van der Waals surface area contributed by atoms with Gasteiger partial charge in [0, 0.05) is 18.6 Å². The molecule has 0 radical (unpaired) electrons. The fourth-order valence-electron chi connectivity index (χ4n) is 3.72. The predicted molar refractivity (Wildman–Crippen MR) is 86.8 cm³/mol. The number of hydrogen-bond donors (Lipinski definition) is 1. The molecule has 1 saturated carbocycles. The van der Waals surface area contributed by atoms with Crippen LogP contribution in [-0.2, 0) is 6.54 Å². The van der Waals surface area contributed by atoms with Gasteiger partial charge in [0.2, 0.25) is 0 Å². The summed E-state index contributed by atoms with van der Waals surface area (Å²) in [7, 11) is 4.27. The fourth-order valence-corrected chi connectivity index (χ4v) is 3.72. The van der Waals surface area contributed by atoms with E-state index in [0.717, 1.165) is 12.5 Å². The SMILES string of the molecule is CCCC1CCC(NC)C(N(C)Cc2ccc(F)cc2)C1. The maximum Gasteiger partial charge on any atom is 0.123 e. The van der Waals surface area contributed by atoms with Crippen LogP contribution in [0.2, 0.25) is 0 Å². The van der Waals surface area contributed by atoms with Gasteiger partial charge in [0.25, 0.3) is 0 Å². The Morgan fingerprint density at radius 2 is 1.95 bits per heavy atom. The van der Waals surface area contributed by atoms with E-state index in [1.54, 1.807) is 12.1 Å². The van der Waals surface area contributed by atoms with Crippen molar-refractivity contribution >= 4 is 0 Å². The molecule has 3 atom stereocenters. The standard InChI is InChI=1S/C18H29FN2/c1-4-5-14-8-11-17(20-2)18(12-14)21(3)13-15-6-9-16(19)10-7-15/h6-7,9-10,14,17-18,20H,4-5,8,11-13H2,1-3H3. The van der Waals surface area contributed by atoms with Crippen LogP contribution in [0.25, 0.3) is 0 Å². The van der Waals surface area contributed by atoms with Crippen LogP contribution in [0.5, 0.6) is 0 Å². The molecule has 2 nitrogen and oxygen atoms in total.